The van der Waals surface area contributed by atoms with E-state index in [1.807, 2.05) is 6.07 Å². The number of hydrogen-bond acceptors (Lipinski definition) is 5. The minimum Gasteiger partial charge on any atom is -0.508 e. The van der Waals surface area contributed by atoms with Crippen molar-refractivity contribution in [3.8, 4) is 5.75 Å². The minimum atomic E-state index is -2.74. The van der Waals surface area contributed by atoms with E-state index in [2.05, 4.69) is 20.6 Å². The maximum Gasteiger partial charge on any atom is 0.299 e. The molecule has 3 aromatic rings. The molecule has 6 nitrogen and oxygen atoms in total. The van der Waals surface area contributed by atoms with E-state index < -0.39 is 12.2 Å². The van der Waals surface area contributed by atoms with E-state index in [0.29, 0.717) is 5.82 Å². The molecule has 1 aliphatic rings. The summed E-state index contributed by atoms with van der Waals surface area (Å²) < 4.78 is 26.8. The van der Waals surface area contributed by atoms with Crippen LogP contribution < -0.4 is 5.32 Å². The first-order chi connectivity index (χ1) is 11.1. The maximum absolute atomic E-state index is 12.9. The number of aromatic hydroxyl groups is 1. The molecule has 0 saturated heterocycles. The van der Waals surface area contributed by atoms with Gasteiger partial charge in [-0.3, -0.25) is 0 Å². The molecule has 0 saturated carbocycles. The van der Waals surface area contributed by atoms with Gasteiger partial charge in [0.1, 0.15) is 11.6 Å². The van der Waals surface area contributed by atoms with Crippen LogP contribution in [0.2, 0.25) is 0 Å². The zero-order chi connectivity index (χ0) is 16.0. The molecule has 2 heterocycles. The molecule has 0 radical (unpaired) electrons. The summed E-state index contributed by atoms with van der Waals surface area (Å²) in [7, 11) is 0. The van der Waals surface area contributed by atoms with Crippen molar-refractivity contribution in [2.24, 2.45) is 0 Å². The van der Waals surface area contributed by atoms with Crippen LogP contribution in [-0.4, -0.2) is 24.9 Å². The van der Waals surface area contributed by atoms with E-state index in [-0.39, 0.29) is 17.4 Å². The van der Waals surface area contributed by atoms with Gasteiger partial charge in [-0.2, -0.15) is 4.52 Å². The fraction of sp³-hybridized carbons (Fsp3) is 0.267. The van der Waals surface area contributed by atoms with Gasteiger partial charge in [0.25, 0.3) is 6.43 Å². The van der Waals surface area contributed by atoms with Gasteiger partial charge < -0.3 is 10.4 Å². The van der Waals surface area contributed by atoms with Gasteiger partial charge in [0.05, 0.1) is 6.04 Å². The predicted molar refractivity (Wildman–Crippen MR) is 78.5 cm³/mol. The van der Waals surface area contributed by atoms with Crippen molar-refractivity contribution in [2.45, 2.75) is 25.3 Å². The Hall–Kier alpha value is -2.77. The first kappa shape index (κ1) is 13.9. The third-order valence-electron chi connectivity index (χ3n) is 4.05. The number of phenols is 1. The second-order valence-corrected chi connectivity index (χ2v) is 5.43. The van der Waals surface area contributed by atoms with Gasteiger partial charge in [0, 0.05) is 0 Å². The third-order valence-corrected chi connectivity index (χ3v) is 4.05. The SMILES string of the molecule is Oc1cccc2c1CCC2Nc1ccc2nnc(C(F)F)n2n1. The number of aromatic nitrogens is 4. The van der Waals surface area contributed by atoms with Crippen LogP contribution in [0.4, 0.5) is 14.6 Å². The molecule has 1 aromatic carbocycles. The lowest BCUT2D eigenvalue weighted by molar-refractivity contribution is 0.137. The van der Waals surface area contributed by atoms with Crippen molar-refractivity contribution in [3.63, 3.8) is 0 Å². The van der Waals surface area contributed by atoms with Gasteiger partial charge in [-0.05, 0) is 42.2 Å². The first-order valence-electron chi connectivity index (χ1n) is 7.21. The van der Waals surface area contributed by atoms with E-state index in [0.717, 1.165) is 28.5 Å². The van der Waals surface area contributed by atoms with Gasteiger partial charge in [-0.15, -0.1) is 15.3 Å². The van der Waals surface area contributed by atoms with Gasteiger partial charge in [0.15, 0.2) is 5.65 Å². The highest BCUT2D eigenvalue weighted by molar-refractivity contribution is 5.50. The standard InChI is InChI=1S/C15H13F2N5O/c16-14(17)15-20-19-13-7-6-12(21-22(13)15)18-10-5-4-9-8(10)2-1-3-11(9)23/h1-3,6-7,10,14,23H,4-5H2,(H,18,21). The molecule has 118 valence electrons. The highest BCUT2D eigenvalue weighted by Gasteiger charge is 2.25. The van der Waals surface area contributed by atoms with Crippen molar-refractivity contribution in [3.05, 3.63) is 47.3 Å². The molecule has 1 atom stereocenters. The number of nitrogens with one attached hydrogen (secondary N) is 1. The lowest BCUT2D eigenvalue weighted by Gasteiger charge is -2.15. The number of anilines is 1. The summed E-state index contributed by atoms with van der Waals surface area (Å²) in [6, 6.07) is 8.65. The van der Waals surface area contributed by atoms with Gasteiger partial charge in [-0.1, -0.05) is 12.1 Å². The van der Waals surface area contributed by atoms with Gasteiger partial charge >= 0.3 is 0 Å². The molecule has 0 aliphatic heterocycles. The molecule has 0 spiro atoms. The van der Waals surface area contributed by atoms with Gasteiger partial charge in [0.2, 0.25) is 5.82 Å². The molecule has 1 aliphatic carbocycles. The van der Waals surface area contributed by atoms with E-state index in [1.165, 1.54) is 0 Å². The average molecular weight is 317 g/mol. The highest BCUT2D eigenvalue weighted by Crippen LogP contribution is 2.37. The summed E-state index contributed by atoms with van der Waals surface area (Å²) in [4.78, 5) is 0. The van der Waals surface area contributed by atoms with Crippen LogP contribution >= 0.6 is 0 Å². The number of hydrogen-bond donors (Lipinski definition) is 2. The summed E-state index contributed by atoms with van der Waals surface area (Å²) in [6.45, 7) is 0. The van der Waals surface area contributed by atoms with E-state index in [9.17, 15) is 13.9 Å². The van der Waals surface area contributed by atoms with Crippen LogP contribution in [0.5, 0.6) is 5.75 Å². The molecule has 0 fully saturated rings. The molecular weight excluding hydrogens is 304 g/mol. The topological polar surface area (TPSA) is 75.3 Å². The molecule has 23 heavy (non-hydrogen) atoms. The molecule has 2 N–H and O–H groups in total. The predicted octanol–water partition coefficient (Wildman–Crippen LogP) is 2.87. The molecule has 8 heteroatoms. The third kappa shape index (κ3) is 2.26. The summed E-state index contributed by atoms with van der Waals surface area (Å²) >= 11 is 0. The van der Waals surface area contributed by atoms with Crippen LogP contribution in [-0.2, 0) is 6.42 Å². The number of benzene rings is 1. The summed E-state index contributed by atoms with van der Waals surface area (Å²) in [6.07, 6.45) is -1.18. The quantitative estimate of drug-likeness (QED) is 0.777. The van der Waals surface area contributed by atoms with E-state index in [4.69, 9.17) is 0 Å². The Bertz CT molecular complexity index is 879. The van der Waals surface area contributed by atoms with E-state index in [1.54, 1.807) is 24.3 Å². The van der Waals surface area contributed by atoms with Gasteiger partial charge in [-0.25, -0.2) is 8.78 Å². The summed E-state index contributed by atoms with van der Waals surface area (Å²) in [5.74, 6) is 0.266. The number of nitrogens with zero attached hydrogens (tertiary/aromatic N) is 4. The largest absolute Gasteiger partial charge is 0.508 e. The van der Waals surface area contributed by atoms with Crippen LogP contribution in [0.15, 0.2) is 30.3 Å². The zero-order valence-corrected chi connectivity index (χ0v) is 11.9. The Morgan fingerprint density at radius 3 is 2.91 bits per heavy atom. The Morgan fingerprint density at radius 1 is 1.22 bits per heavy atom. The van der Waals surface area contributed by atoms with Crippen molar-refractivity contribution >= 4 is 11.5 Å². The molecule has 0 amide bonds. The van der Waals surface area contributed by atoms with Crippen LogP contribution in [0.1, 0.15) is 35.8 Å². The lowest BCUT2D eigenvalue weighted by atomic mass is 10.1. The second kappa shape index (κ2) is 5.15. The van der Waals surface area contributed by atoms with Crippen LogP contribution in [0.3, 0.4) is 0 Å². The van der Waals surface area contributed by atoms with Crippen molar-refractivity contribution in [2.75, 3.05) is 5.32 Å². The monoisotopic (exact) mass is 317 g/mol. The summed E-state index contributed by atoms with van der Waals surface area (Å²) in [5.41, 5.74) is 2.20. The first-order valence-corrected chi connectivity index (χ1v) is 7.21. The van der Waals surface area contributed by atoms with Crippen molar-refractivity contribution in [1.82, 2.24) is 19.8 Å². The fourth-order valence-electron chi connectivity index (χ4n) is 2.98. The molecule has 1 unspecified atom stereocenters. The number of phenolic OH excluding ortho intramolecular Hbond substituents is 1. The number of rotatable bonds is 3. The van der Waals surface area contributed by atoms with Crippen molar-refractivity contribution in [1.29, 1.82) is 0 Å². The molecule has 0 bridgehead atoms. The Morgan fingerprint density at radius 2 is 2.09 bits per heavy atom. The van der Waals surface area contributed by atoms with E-state index >= 15 is 0 Å². The highest BCUT2D eigenvalue weighted by atomic mass is 19.3. The molecule has 2 aromatic heterocycles. The normalized spacial score (nSPS) is 16.9. The maximum atomic E-state index is 12.9. The molecular formula is C15H13F2N5O. The minimum absolute atomic E-state index is 0.0199. The summed E-state index contributed by atoms with van der Waals surface area (Å²) in [5, 5.41) is 24.4. The number of halogens is 2. The Balaban J connectivity index is 1.67. The average Bonchev–Trinajstić information content (AvgIpc) is 3.12. The fourth-order valence-corrected chi connectivity index (χ4v) is 2.98. The second-order valence-electron chi connectivity index (χ2n) is 5.43. The number of alkyl halides is 2. The smallest absolute Gasteiger partial charge is 0.299 e. The molecule has 4 rings (SSSR count). The zero-order valence-electron chi connectivity index (χ0n) is 11.9. The lowest BCUT2D eigenvalue weighted by Crippen LogP contribution is -2.10. The van der Waals surface area contributed by atoms with Crippen LogP contribution in [0, 0.1) is 0 Å². The van der Waals surface area contributed by atoms with Crippen LogP contribution in [0.25, 0.3) is 5.65 Å². The Kier molecular flexibility index (Phi) is 3.10. The Labute approximate surface area is 129 Å². The van der Waals surface area contributed by atoms with Crippen molar-refractivity contribution < 1.29 is 13.9 Å². The number of fused-ring (bicyclic) bond motifs is 2.